The van der Waals surface area contributed by atoms with Crippen LogP contribution in [-0.4, -0.2) is 57.1 Å². The first-order valence-corrected chi connectivity index (χ1v) is 11.9. The van der Waals surface area contributed by atoms with Crippen molar-refractivity contribution in [2.24, 2.45) is 0 Å². The molecular weight excluding hydrogens is 513 g/mol. The Bertz CT molecular complexity index is 947. The number of carbonyl (C=O) groups excluding carboxylic acids is 1. The molecule has 28 heavy (non-hydrogen) atoms. The van der Waals surface area contributed by atoms with Gasteiger partial charge >= 0.3 is 0 Å². The highest BCUT2D eigenvalue weighted by Crippen LogP contribution is 2.21. The second-order valence-corrected chi connectivity index (χ2v) is 10.1. The molecule has 0 unspecified atom stereocenters. The van der Waals surface area contributed by atoms with Crippen LogP contribution < -0.4 is 10.2 Å². The zero-order chi connectivity index (χ0) is 20.1. The first-order valence-electron chi connectivity index (χ1n) is 8.88. The van der Waals surface area contributed by atoms with E-state index < -0.39 is 10.0 Å². The number of piperazine rings is 1. The maximum Gasteiger partial charge on any atom is 0.252 e. The second-order valence-electron chi connectivity index (χ2n) is 6.42. The van der Waals surface area contributed by atoms with Crippen LogP contribution in [0.3, 0.4) is 0 Å². The number of hydrogen-bond donors (Lipinski definition) is 1. The van der Waals surface area contributed by atoms with Gasteiger partial charge in [-0.2, -0.15) is 4.31 Å². The molecule has 1 N–H and O–H groups in total. The zero-order valence-electron chi connectivity index (χ0n) is 15.1. The molecular formula is C19H21ClIN3O3S. The van der Waals surface area contributed by atoms with E-state index in [0.29, 0.717) is 36.8 Å². The monoisotopic (exact) mass is 533 g/mol. The van der Waals surface area contributed by atoms with Crippen molar-refractivity contribution in [1.82, 2.24) is 9.62 Å². The van der Waals surface area contributed by atoms with Crippen molar-refractivity contribution in [3.8, 4) is 0 Å². The van der Waals surface area contributed by atoms with Gasteiger partial charge in [0.05, 0.1) is 11.3 Å². The summed E-state index contributed by atoms with van der Waals surface area (Å²) in [7, 11) is -3.42. The van der Waals surface area contributed by atoms with Crippen molar-refractivity contribution in [2.45, 2.75) is 0 Å². The summed E-state index contributed by atoms with van der Waals surface area (Å²) in [6.07, 6.45) is 0. The average Bonchev–Trinajstić information content (AvgIpc) is 2.68. The van der Waals surface area contributed by atoms with Crippen LogP contribution >= 0.6 is 34.2 Å². The van der Waals surface area contributed by atoms with Crippen LogP contribution in [0.15, 0.2) is 48.5 Å². The van der Waals surface area contributed by atoms with Gasteiger partial charge in [0, 0.05) is 47.0 Å². The maximum atomic E-state index is 12.6. The molecule has 0 radical (unpaired) electrons. The van der Waals surface area contributed by atoms with Gasteiger partial charge in [0.15, 0.2) is 0 Å². The van der Waals surface area contributed by atoms with Crippen LogP contribution in [-0.2, 0) is 10.0 Å². The van der Waals surface area contributed by atoms with Gasteiger partial charge in [-0.25, -0.2) is 8.42 Å². The Morgan fingerprint density at radius 2 is 1.79 bits per heavy atom. The molecule has 1 aliphatic rings. The lowest BCUT2D eigenvalue weighted by Gasteiger charge is -2.35. The Morgan fingerprint density at radius 1 is 1.07 bits per heavy atom. The molecule has 3 rings (SSSR count). The minimum atomic E-state index is -3.42. The van der Waals surface area contributed by atoms with E-state index >= 15 is 0 Å². The van der Waals surface area contributed by atoms with E-state index in [-0.39, 0.29) is 18.2 Å². The van der Waals surface area contributed by atoms with Gasteiger partial charge in [0.25, 0.3) is 5.91 Å². The van der Waals surface area contributed by atoms with E-state index in [2.05, 4.69) is 32.8 Å². The van der Waals surface area contributed by atoms with Gasteiger partial charge in [-0.1, -0.05) is 29.8 Å². The molecule has 6 nitrogen and oxygen atoms in total. The lowest BCUT2D eigenvalue weighted by Crippen LogP contribution is -2.50. The Balaban J connectivity index is 1.50. The van der Waals surface area contributed by atoms with Crippen LogP contribution in [0, 0.1) is 3.57 Å². The normalized spacial score (nSPS) is 15.4. The van der Waals surface area contributed by atoms with Gasteiger partial charge in [-0.15, -0.1) is 0 Å². The number of sulfonamides is 1. The first kappa shape index (κ1) is 21.4. The molecule has 0 aromatic heterocycles. The van der Waals surface area contributed by atoms with Crippen molar-refractivity contribution in [3.05, 3.63) is 62.7 Å². The SMILES string of the molecule is O=C(NCCS(=O)(=O)N1CCN(c2cccc(Cl)c2)CC1)c1ccccc1I. The number of hydrogen-bond acceptors (Lipinski definition) is 4. The van der Waals surface area contributed by atoms with E-state index in [1.807, 2.05) is 36.4 Å². The number of anilines is 1. The standard InChI is InChI=1S/C19H21ClIN3O3S/c20-15-4-3-5-16(14-15)23-9-11-24(12-10-23)28(26,27)13-8-22-19(25)17-6-1-2-7-18(17)21/h1-7,14H,8-13H2,(H,22,25). The highest BCUT2D eigenvalue weighted by Gasteiger charge is 2.27. The number of carbonyl (C=O) groups is 1. The van der Waals surface area contributed by atoms with Gasteiger partial charge in [-0.05, 0) is 52.9 Å². The molecule has 0 aliphatic carbocycles. The van der Waals surface area contributed by atoms with E-state index in [0.717, 1.165) is 9.26 Å². The fourth-order valence-corrected chi connectivity index (χ4v) is 5.22. The third-order valence-electron chi connectivity index (χ3n) is 4.57. The second kappa shape index (κ2) is 9.43. The highest BCUT2D eigenvalue weighted by molar-refractivity contribution is 14.1. The zero-order valence-corrected chi connectivity index (χ0v) is 18.9. The van der Waals surface area contributed by atoms with Crippen molar-refractivity contribution < 1.29 is 13.2 Å². The van der Waals surface area contributed by atoms with Crippen LogP contribution in [0.4, 0.5) is 5.69 Å². The largest absolute Gasteiger partial charge is 0.369 e. The van der Waals surface area contributed by atoms with Crippen molar-refractivity contribution >= 4 is 55.8 Å². The molecule has 1 fully saturated rings. The third-order valence-corrected chi connectivity index (χ3v) is 7.62. The smallest absolute Gasteiger partial charge is 0.252 e. The molecule has 1 saturated heterocycles. The third kappa shape index (κ3) is 5.37. The van der Waals surface area contributed by atoms with E-state index in [9.17, 15) is 13.2 Å². The fourth-order valence-electron chi connectivity index (χ4n) is 3.06. The molecule has 0 atom stereocenters. The average molecular weight is 534 g/mol. The maximum absolute atomic E-state index is 12.6. The molecule has 0 bridgehead atoms. The van der Waals surface area contributed by atoms with E-state index in [1.54, 1.807) is 12.1 Å². The fraction of sp³-hybridized carbons (Fsp3) is 0.316. The van der Waals surface area contributed by atoms with Gasteiger partial charge in [-0.3, -0.25) is 4.79 Å². The quantitative estimate of drug-likeness (QED) is 0.580. The topological polar surface area (TPSA) is 69.7 Å². The number of nitrogens with zero attached hydrogens (tertiary/aromatic N) is 2. The minimum absolute atomic E-state index is 0.0840. The summed E-state index contributed by atoms with van der Waals surface area (Å²) < 4.78 is 27.5. The van der Waals surface area contributed by atoms with Gasteiger partial charge in [0.1, 0.15) is 0 Å². The summed E-state index contributed by atoms with van der Waals surface area (Å²) in [5, 5.41) is 3.36. The van der Waals surface area contributed by atoms with Gasteiger partial charge < -0.3 is 10.2 Å². The highest BCUT2D eigenvalue weighted by atomic mass is 127. The number of halogens is 2. The summed E-state index contributed by atoms with van der Waals surface area (Å²) in [6, 6.07) is 14.8. The van der Waals surface area contributed by atoms with Crippen molar-refractivity contribution in [2.75, 3.05) is 43.4 Å². The number of nitrogens with one attached hydrogen (secondary N) is 1. The molecule has 9 heteroatoms. The molecule has 1 aliphatic heterocycles. The molecule has 2 aromatic rings. The summed E-state index contributed by atoms with van der Waals surface area (Å²) in [5.74, 6) is -0.370. The molecule has 150 valence electrons. The Morgan fingerprint density at radius 3 is 2.46 bits per heavy atom. The number of amides is 1. The Hall–Kier alpha value is -1.36. The molecule has 2 aromatic carbocycles. The van der Waals surface area contributed by atoms with Crippen LogP contribution in [0.2, 0.25) is 5.02 Å². The minimum Gasteiger partial charge on any atom is -0.369 e. The van der Waals surface area contributed by atoms with Crippen molar-refractivity contribution in [3.63, 3.8) is 0 Å². The summed E-state index contributed by atoms with van der Waals surface area (Å²) in [6.45, 7) is 2.13. The summed E-state index contributed by atoms with van der Waals surface area (Å²) >= 11 is 8.12. The van der Waals surface area contributed by atoms with Crippen molar-refractivity contribution in [1.29, 1.82) is 0 Å². The number of rotatable bonds is 6. The molecule has 0 spiro atoms. The van der Waals surface area contributed by atoms with E-state index in [4.69, 9.17) is 11.6 Å². The van der Waals surface area contributed by atoms with Crippen LogP contribution in [0.1, 0.15) is 10.4 Å². The summed E-state index contributed by atoms with van der Waals surface area (Å²) in [4.78, 5) is 14.3. The molecule has 0 saturated carbocycles. The lowest BCUT2D eigenvalue weighted by atomic mass is 10.2. The van der Waals surface area contributed by atoms with Gasteiger partial charge in [0.2, 0.25) is 10.0 Å². The molecule has 1 heterocycles. The van der Waals surface area contributed by atoms with Crippen LogP contribution in [0.5, 0.6) is 0 Å². The molecule has 1 amide bonds. The first-order chi connectivity index (χ1) is 13.4. The Kier molecular flexibility index (Phi) is 7.19. The predicted molar refractivity (Wildman–Crippen MR) is 121 cm³/mol. The predicted octanol–water partition coefficient (Wildman–Crippen LogP) is 2.83. The Labute approximate surface area is 184 Å². The van der Waals surface area contributed by atoms with E-state index in [1.165, 1.54) is 4.31 Å². The van der Waals surface area contributed by atoms with Crippen LogP contribution in [0.25, 0.3) is 0 Å². The lowest BCUT2D eigenvalue weighted by molar-refractivity contribution is 0.0955. The number of benzene rings is 2. The summed E-state index contributed by atoms with van der Waals surface area (Å²) in [5.41, 5.74) is 1.55.